The third-order valence-corrected chi connectivity index (χ3v) is 5.97. The minimum absolute atomic E-state index is 0.0862. The van der Waals surface area contributed by atoms with Crippen molar-refractivity contribution < 1.29 is 9.90 Å². The van der Waals surface area contributed by atoms with Crippen LogP contribution in [0.5, 0.6) is 0 Å². The molecular weight excluding hydrogens is 356 g/mol. The molecule has 1 saturated carbocycles. The molecule has 27 heavy (non-hydrogen) atoms. The van der Waals surface area contributed by atoms with Crippen LogP contribution in [0.4, 0.5) is 0 Å². The fourth-order valence-corrected chi connectivity index (χ4v) is 3.54. The van der Waals surface area contributed by atoms with Crippen molar-refractivity contribution in [1.82, 2.24) is 0 Å². The van der Waals surface area contributed by atoms with Crippen LogP contribution >= 0.6 is 11.6 Å². The predicted molar refractivity (Wildman–Crippen MR) is 115 cm³/mol. The number of allylic oxidation sites excluding steroid dienone is 12. The summed E-state index contributed by atoms with van der Waals surface area (Å²) >= 11 is 6.12. The van der Waals surface area contributed by atoms with Gasteiger partial charge in [-0.15, -0.1) is 0 Å². The second-order valence-corrected chi connectivity index (χ2v) is 7.99. The van der Waals surface area contributed by atoms with Gasteiger partial charge in [0.15, 0.2) is 5.78 Å². The van der Waals surface area contributed by atoms with E-state index in [4.69, 9.17) is 11.6 Å². The third kappa shape index (κ3) is 5.59. The maximum atomic E-state index is 12.6. The standard InChI is InChI=1S/C24H31ClO2/c1-5-16(3)7-9-18(17(4)8-13-21(25)6-2)12-14-22-23(26)19-10-11-20(15-19)24(22)27/h7-9,12-14,19-20,26H,5-6,10-11,15H2,1-4H3/b14-12+,16-7+,17-8+,18-9+,21-13+. The maximum absolute atomic E-state index is 12.6. The molecule has 1 fully saturated rings. The number of hydrogen-bond donors (Lipinski definition) is 1. The highest BCUT2D eigenvalue weighted by Crippen LogP contribution is 2.42. The second kappa shape index (κ2) is 9.94. The molecule has 2 unspecified atom stereocenters. The molecule has 2 aliphatic carbocycles. The molecule has 0 aromatic heterocycles. The van der Waals surface area contributed by atoms with E-state index < -0.39 is 0 Å². The number of hydrogen-bond acceptors (Lipinski definition) is 2. The molecular formula is C24H31ClO2. The number of carbonyl (C=O) groups excluding carboxylic acids is 1. The van der Waals surface area contributed by atoms with Gasteiger partial charge in [0.1, 0.15) is 5.76 Å². The Morgan fingerprint density at radius 2 is 1.78 bits per heavy atom. The Morgan fingerprint density at radius 3 is 2.44 bits per heavy atom. The van der Waals surface area contributed by atoms with E-state index in [1.165, 1.54) is 5.57 Å². The van der Waals surface area contributed by atoms with Crippen molar-refractivity contribution in [3.8, 4) is 0 Å². The SMILES string of the molecule is CC/C(C)=C/C=C(\C=C\C1=C(O)C2CCC(C2)C1=O)C(/C)=C/C=C(/Cl)CC. The number of Topliss-reactive ketones (excluding diaryl/α,β-unsaturated/α-hetero) is 1. The first-order valence-corrected chi connectivity index (χ1v) is 10.3. The van der Waals surface area contributed by atoms with Crippen molar-refractivity contribution in [3.05, 3.63) is 69.5 Å². The lowest BCUT2D eigenvalue weighted by molar-refractivity contribution is -0.119. The summed E-state index contributed by atoms with van der Waals surface area (Å²) in [6, 6.07) is 0. The summed E-state index contributed by atoms with van der Waals surface area (Å²) in [5.74, 6) is 0.612. The Balaban J connectivity index is 2.35. The van der Waals surface area contributed by atoms with E-state index in [1.807, 2.05) is 32.1 Å². The molecule has 0 radical (unpaired) electrons. The van der Waals surface area contributed by atoms with Crippen LogP contribution in [0.1, 0.15) is 59.8 Å². The number of fused-ring (bicyclic) bond motifs is 2. The summed E-state index contributed by atoms with van der Waals surface area (Å²) in [6.45, 7) is 8.27. The minimum atomic E-state index is 0.0862. The zero-order chi connectivity index (χ0) is 20.0. The Labute approximate surface area is 168 Å². The predicted octanol–water partition coefficient (Wildman–Crippen LogP) is 7.12. The lowest BCUT2D eigenvalue weighted by Crippen LogP contribution is -2.21. The van der Waals surface area contributed by atoms with Crippen LogP contribution in [0.2, 0.25) is 0 Å². The lowest BCUT2D eigenvalue weighted by atomic mass is 9.86. The minimum Gasteiger partial charge on any atom is -0.511 e. The molecule has 2 bridgehead atoms. The molecule has 1 N–H and O–H groups in total. The molecule has 0 amide bonds. The highest BCUT2D eigenvalue weighted by atomic mass is 35.5. The number of aliphatic hydroxyl groups excluding tert-OH is 1. The van der Waals surface area contributed by atoms with Gasteiger partial charge in [-0.1, -0.05) is 55.3 Å². The van der Waals surface area contributed by atoms with Gasteiger partial charge >= 0.3 is 0 Å². The van der Waals surface area contributed by atoms with Crippen molar-refractivity contribution in [2.75, 3.05) is 0 Å². The number of halogens is 1. The molecule has 2 atom stereocenters. The van der Waals surface area contributed by atoms with Crippen molar-refractivity contribution in [3.63, 3.8) is 0 Å². The summed E-state index contributed by atoms with van der Waals surface area (Å²) in [6.07, 6.45) is 16.2. The smallest absolute Gasteiger partial charge is 0.169 e. The molecule has 0 aromatic carbocycles. The van der Waals surface area contributed by atoms with Gasteiger partial charge in [-0.2, -0.15) is 0 Å². The molecule has 0 spiro atoms. The van der Waals surface area contributed by atoms with Crippen LogP contribution in [0.25, 0.3) is 0 Å². The topological polar surface area (TPSA) is 37.3 Å². The molecule has 0 heterocycles. The van der Waals surface area contributed by atoms with Crippen molar-refractivity contribution in [2.45, 2.75) is 59.8 Å². The van der Waals surface area contributed by atoms with Crippen molar-refractivity contribution >= 4 is 17.4 Å². The second-order valence-electron chi connectivity index (χ2n) is 7.51. The van der Waals surface area contributed by atoms with Gasteiger partial charge in [0, 0.05) is 16.9 Å². The molecule has 2 nitrogen and oxygen atoms in total. The monoisotopic (exact) mass is 386 g/mol. The van der Waals surface area contributed by atoms with Gasteiger partial charge in [0.05, 0.1) is 5.57 Å². The first-order chi connectivity index (χ1) is 12.9. The van der Waals surface area contributed by atoms with Gasteiger partial charge in [-0.25, -0.2) is 0 Å². The zero-order valence-electron chi connectivity index (χ0n) is 16.9. The van der Waals surface area contributed by atoms with Gasteiger partial charge in [-0.05, 0) is 69.2 Å². The number of aliphatic hydroxyl groups is 1. The number of rotatable bonds is 7. The van der Waals surface area contributed by atoms with Gasteiger partial charge < -0.3 is 5.11 Å². The van der Waals surface area contributed by atoms with E-state index in [0.29, 0.717) is 5.57 Å². The van der Waals surface area contributed by atoms with E-state index in [0.717, 1.165) is 48.3 Å². The average Bonchev–Trinajstić information content (AvgIpc) is 3.13. The van der Waals surface area contributed by atoms with Crippen molar-refractivity contribution in [1.29, 1.82) is 0 Å². The normalized spacial score (nSPS) is 25.1. The quantitative estimate of drug-likeness (QED) is 0.473. The Morgan fingerprint density at radius 1 is 1.07 bits per heavy atom. The maximum Gasteiger partial charge on any atom is 0.169 e. The van der Waals surface area contributed by atoms with E-state index in [9.17, 15) is 9.90 Å². The summed E-state index contributed by atoms with van der Waals surface area (Å²) < 4.78 is 0. The highest BCUT2D eigenvalue weighted by Gasteiger charge is 2.39. The van der Waals surface area contributed by atoms with Crippen LogP contribution in [-0.2, 0) is 4.79 Å². The number of ketones is 1. The van der Waals surface area contributed by atoms with E-state index in [1.54, 1.807) is 6.08 Å². The molecule has 2 aliphatic rings. The van der Waals surface area contributed by atoms with Gasteiger partial charge in [-0.3, -0.25) is 4.79 Å². The summed E-state index contributed by atoms with van der Waals surface area (Å²) in [5, 5.41) is 11.3. The van der Waals surface area contributed by atoms with E-state index >= 15 is 0 Å². The fraction of sp³-hybridized carbons (Fsp3) is 0.458. The van der Waals surface area contributed by atoms with Crippen LogP contribution in [0, 0.1) is 11.8 Å². The lowest BCUT2D eigenvalue weighted by Gasteiger charge is -2.19. The molecule has 3 heteroatoms. The Hall–Kier alpha value is -1.80. The number of carbonyl (C=O) groups is 1. The molecule has 146 valence electrons. The molecule has 0 saturated heterocycles. The summed E-state index contributed by atoms with van der Waals surface area (Å²) in [5.41, 5.74) is 3.84. The van der Waals surface area contributed by atoms with Crippen molar-refractivity contribution in [2.24, 2.45) is 11.8 Å². The largest absolute Gasteiger partial charge is 0.511 e. The third-order valence-electron chi connectivity index (χ3n) is 5.57. The molecule has 2 rings (SSSR count). The zero-order valence-corrected chi connectivity index (χ0v) is 17.6. The van der Waals surface area contributed by atoms with Gasteiger partial charge in [0.25, 0.3) is 0 Å². The molecule has 0 aliphatic heterocycles. The van der Waals surface area contributed by atoms with Crippen LogP contribution in [0.15, 0.2) is 69.5 Å². The first-order valence-electron chi connectivity index (χ1n) is 9.93. The summed E-state index contributed by atoms with van der Waals surface area (Å²) in [7, 11) is 0. The first kappa shape index (κ1) is 21.5. The highest BCUT2D eigenvalue weighted by molar-refractivity contribution is 6.29. The van der Waals surface area contributed by atoms with Crippen LogP contribution in [-0.4, -0.2) is 10.9 Å². The van der Waals surface area contributed by atoms with Gasteiger partial charge in [0.2, 0.25) is 0 Å². The van der Waals surface area contributed by atoms with Crippen LogP contribution in [0.3, 0.4) is 0 Å². The summed E-state index contributed by atoms with van der Waals surface area (Å²) in [4.78, 5) is 12.6. The van der Waals surface area contributed by atoms with E-state index in [2.05, 4.69) is 26.0 Å². The van der Waals surface area contributed by atoms with Crippen LogP contribution < -0.4 is 0 Å². The fourth-order valence-electron chi connectivity index (χ4n) is 3.47. The van der Waals surface area contributed by atoms with E-state index in [-0.39, 0.29) is 23.4 Å². The Kier molecular flexibility index (Phi) is 7.91. The average molecular weight is 387 g/mol. The Bertz CT molecular complexity index is 759. The molecule has 0 aromatic rings.